The third kappa shape index (κ3) is 2.88. The summed E-state index contributed by atoms with van der Waals surface area (Å²) >= 11 is 9.26. The number of sulfonamides is 1. The summed E-state index contributed by atoms with van der Waals surface area (Å²) in [7, 11) is -3.65. The summed E-state index contributed by atoms with van der Waals surface area (Å²) in [4.78, 5) is 0.225. The topological polar surface area (TPSA) is 58.2 Å². The molecular formula is C14H12BrClN2O2S. The second kappa shape index (κ2) is 5.51. The van der Waals surface area contributed by atoms with E-state index in [0.29, 0.717) is 15.2 Å². The highest BCUT2D eigenvalue weighted by Gasteiger charge is 2.19. The van der Waals surface area contributed by atoms with Crippen molar-refractivity contribution in [1.82, 2.24) is 0 Å². The molecule has 0 aromatic heterocycles. The van der Waals surface area contributed by atoms with Crippen LogP contribution in [0.25, 0.3) is 0 Å². The molecule has 3 rings (SSSR count). The molecule has 0 fully saturated rings. The molecule has 0 spiro atoms. The van der Waals surface area contributed by atoms with Crippen LogP contribution in [0.15, 0.2) is 45.8 Å². The standard InChI is InChI=1S/C14H12BrClN2O2S/c15-14-11(16)2-1-3-12(14)18-21(19,20)10-5-4-9-6-7-17-13(9)8-10/h1-5,8,17-18H,6-7H2. The SMILES string of the molecule is O=S(=O)(Nc1cccc(Cl)c1Br)c1ccc2c(c1)NCC2. The van der Waals surface area contributed by atoms with Crippen LogP contribution in [-0.4, -0.2) is 15.0 Å². The number of nitrogens with one attached hydrogen (secondary N) is 2. The molecule has 7 heteroatoms. The van der Waals surface area contributed by atoms with Gasteiger partial charge in [0.15, 0.2) is 0 Å². The first-order valence-electron chi connectivity index (χ1n) is 6.31. The van der Waals surface area contributed by atoms with E-state index in [4.69, 9.17) is 11.6 Å². The number of halogens is 2. The Labute approximate surface area is 136 Å². The van der Waals surface area contributed by atoms with E-state index in [1.807, 2.05) is 6.07 Å². The third-order valence-corrected chi connectivity index (χ3v) is 6.06. The molecule has 21 heavy (non-hydrogen) atoms. The maximum absolute atomic E-state index is 12.5. The predicted molar refractivity (Wildman–Crippen MR) is 88.6 cm³/mol. The number of fused-ring (bicyclic) bond motifs is 1. The molecule has 4 nitrogen and oxygen atoms in total. The lowest BCUT2D eigenvalue weighted by Gasteiger charge is -2.11. The van der Waals surface area contributed by atoms with Crippen molar-refractivity contribution in [3.63, 3.8) is 0 Å². The number of anilines is 2. The first kappa shape index (κ1) is 14.7. The van der Waals surface area contributed by atoms with Gasteiger partial charge in [-0.3, -0.25) is 4.72 Å². The van der Waals surface area contributed by atoms with E-state index in [9.17, 15) is 8.42 Å². The molecule has 0 bridgehead atoms. The molecule has 1 heterocycles. The van der Waals surface area contributed by atoms with Gasteiger partial charge in [0.25, 0.3) is 10.0 Å². The smallest absolute Gasteiger partial charge is 0.262 e. The van der Waals surface area contributed by atoms with E-state index in [2.05, 4.69) is 26.0 Å². The quantitative estimate of drug-likeness (QED) is 0.840. The molecule has 2 aromatic rings. The Morgan fingerprint density at radius 3 is 2.86 bits per heavy atom. The van der Waals surface area contributed by atoms with Gasteiger partial charge in [0.2, 0.25) is 0 Å². The molecular weight excluding hydrogens is 376 g/mol. The minimum Gasteiger partial charge on any atom is -0.384 e. The Morgan fingerprint density at radius 2 is 2.05 bits per heavy atom. The molecule has 110 valence electrons. The second-order valence-electron chi connectivity index (χ2n) is 4.70. The molecule has 0 saturated heterocycles. The molecule has 0 aliphatic carbocycles. The summed E-state index contributed by atoms with van der Waals surface area (Å²) in [5, 5.41) is 3.62. The highest BCUT2D eigenvalue weighted by Crippen LogP contribution is 2.32. The zero-order chi connectivity index (χ0) is 15.0. The zero-order valence-corrected chi connectivity index (χ0v) is 14.0. The lowest BCUT2D eigenvalue weighted by Crippen LogP contribution is -2.13. The van der Waals surface area contributed by atoms with Crippen LogP contribution >= 0.6 is 27.5 Å². The van der Waals surface area contributed by atoms with Gasteiger partial charge in [-0.1, -0.05) is 23.7 Å². The van der Waals surface area contributed by atoms with Crippen molar-refractivity contribution in [1.29, 1.82) is 0 Å². The van der Waals surface area contributed by atoms with E-state index >= 15 is 0 Å². The fourth-order valence-electron chi connectivity index (χ4n) is 2.22. The monoisotopic (exact) mass is 386 g/mol. The Bertz CT molecular complexity index is 809. The largest absolute Gasteiger partial charge is 0.384 e. The summed E-state index contributed by atoms with van der Waals surface area (Å²) in [5.74, 6) is 0. The van der Waals surface area contributed by atoms with Gasteiger partial charge in [0, 0.05) is 12.2 Å². The lowest BCUT2D eigenvalue weighted by molar-refractivity contribution is 0.601. The molecule has 1 aliphatic rings. The molecule has 0 atom stereocenters. The Kier molecular flexibility index (Phi) is 3.86. The van der Waals surface area contributed by atoms with Crippen LogP contribution < -0.4 is 10.0 Å². The highest BCUT2D eigenvalue weighted by atomic mass is 79.9. The summed E-state index contributed by atoms with van der Waals surface area (Å²) in [6, 6.07) is 10.1. The molecule has 0 amide bonds. The van der Waals surface area contributed by atoms with Crippen molar-refractivity contribution in [2.45, 2.75) is 11.3 Å². The fraction of sp³-hybridized carbons (Fsp3) is 0.143. The van der Waals surface area contributed by atoms with Crippen molar-refractivity contribution in [3.8, 4) is 0 Å². The highest BCUT2D eigenvalue weighted by molar-refractivity contribution is 9.10. The minimum atomic E-state index is -3.65. The average molecular weight is 388 g/mol. The van der Waals surface area contributed by atoms with Crippen molar-refractivity contribution >= 4 is 48.9 Å². The normalized spacial score (nSPS) is 13.6. The van der Waals surface area contributed by atoms with Crippen molar-refractivity contribution < 1.29 is 8.42 Å². The molecule has 0 unspecified atom stereocenters. The Hall–Kier alpha value is -1.24. The Morgan fingerprint density at radius 1 is 1.24 bits per heavy atom. The van der Waals surface area contributed by atoms with Crippen molar-refractivity contribution in [2.75, 3.05) is 16.6 Å². The van der Waals surface area contributed by atoms with Gasteiger partial charge in [-0.05, 0) is 52.2 Å². The van der Waals surface area contributed by atoms with Crippen LogP contribution in [0.2, 0.25) is 5.02 Å². The van der Waals surface area contributed by atoms with Gasteiger partial charge in [0.05, 0.1) is 20.1 Å². The van der Waals surface area contributed by atoms with Crippen LogP contribution in [0.5, 0.6) is 0 Å². The lowest BCUT2D eigenvalue weighted by atomic mass is 10.2. The first-order valence-corrected chi connectivity index (χ1v) is 8.96. The van der Waals surface area contributed by atoms with E-state index in [-0.39, 0.29) is 4.90 Å². The van der Waals surface area contributed by atoms with Gasteiger partial charge in [-0.25, -0.2) is 8.42 Å². The van der Waals surface area contributed by atoms with Crippen LogP contribution in [0, 0.1) is 0 Å². The molecule has 0 radical (unpaired) electrons. The van der Waals surface area contributed by atoms with Crippen molar-refractivity contribution in [2.24, 2.45) is 0 Å². The number of hydrogen-bond acceptors (Lipinski definition) is 3. The van der Waals surface area contributed by atoms with E-state index in [0.717, 1.165) is 24.2 Å². The van der Waals surface area contributed by atoms with E-state index in [1.165, 1.54) is 0 Å². The average Bonchev–Trinajstić information content (AvgIpc) is 2.91. The zero-order valence-electron chi connectivity index (χ0n) is 10.9. The van der Waals surface area contributed by atoms with E-state index in [1.54, 1.807) is 30.3 Å². The van der Waals surface area contributed by atoms with Crippen LogP contribution in [0.1, 0.15) is 5.56 Å². The van der Waals surface area contributed by atoms with Gasteiger partial charge < -0.3 is 5.32 Å². The number of hydrogen-bond donors (Lipinski definition) is 2. The summed E-state index contributed by atoms with van der Waals surface area (Å²) < 4.78 is 28.0. The van der Waals surface area contributed by atoms with Gasteiger partial charge in [-0.15, -0.1) is 0 Å². The van der Waals surface area contributed by atoms with Gasteiger partial charge in [-0.2, -0.15) is 0 Å². The second-order valence-corrected chi connectivity index (χ2v) is 7.59. The van der Waals surface area contributed by atoms with Gasteiger partial charge in [0.1, 0.15) is 0 Å². The predicted octanol–water partition coefficient (Wildman–Crippen LogP) is 3.87. The number of benzene rings is 2. The number of rotatable bonds is 3. The van der Waals surface area contributed by atoms with Crippen LogP contribution in [-0.2, 0) is 16.4 Å². The summed E-state index contributed by atoms with van der Waals surface area (Å²) in [5.41, 5.74) is 2.43. The third-order valence-electron chi connectivity index (χ3n) is 3.30. The fourth-order valence-corrected chi connectivity index (χ4v) is 3.99. The molecule has 2 aromatic carbocycles. The Balaban J connectivity index is 1.96. The molecule has 1 aliphatic heterocycles. The molecule has 0 saturated carbocycles. The van der Waals surface area contributed by atoms with Gasteiger partial charge >= 0.3 is 0 Å². The maximum atomic E-state index is 12.5. The molecule has 2 N–H and O–H groups in total. The maximum Gasteiger partial charge on any atom is 0.262 e. The summed E-state index contributed by atoms with van der Waals surface area (Å²) in [6.45, 7) is 0.839. The first-order chi connectivity index (χ1) is 9.97. The van der Waals surface area contributed by atoms with Crippen molar-refractivity contribution in [3.05, 3.63) is 51.5 Å². The minimum absolute atomic E-state index is 0.225. The summed E-state index contributed by atoms with van der Waals surface area (Å²) in [6.07, 6.45) is 0.920. The van der Waals surface area contributed by atoms with Crippen LogP contribution in [0.3, 0.4) is 0 Å². The van der Waals surface area contributed by atoms with E-state index < -0.39 is 10.0 Å². The van der Waals surface area contributed by atoms with Crippen LogP contribution in [0.4, 0.5) is 11.4 Å².